The molecule has 0 amide bonds. The first kappa shape index (κ1) is 15.8. The van der Waals surface area contributed by atoms with Gasteiger partial charge >= 0.3 is 5.97 Å². The van der Waals surface area contributed by atoms with Crippen molar-refractivity contribution >= 4 is 5.97 Å². The summed E-state index contributed by atoms with van der Waals surface area (Å²) in [5.41, 5.74) is -1.03. The molecule has 1 saturated heterocycles. The van der Waals surface area contributed by atoms with Crippen LogP contribution in [0.15, 0.2) is 0 Å². The topological polar surface area (TPSA) is 55.8 Å². The Morgan fingerprint density at radius 1 is 1.35 bits per heavy atom. The predicted octanol–water partition coefficient (Wildman–Crippen LogP) is 2.88. The number of esters is 1. The average molecular weight is 284 g/mol. The number of rotatable bonds is 2. The number of carbonyl (C=O) groups is 1. The number of hydrogen-bond donors (Lipinski definition) is 1. The highest BCUT2D eigenvalue weighted by atomic mass is 16.7. The summed E-state index contributed by atoms with van der Waals surface area (Å²) in [7, 11) is 0. The highest BCUT2D eigenvalue weighted by Gasteiger charge is 2.53. The van der Waals surface area contributed by atoms with E-state index in [1.54, 1.807) is 13.8 Å². The third-order valence-corrected chi connectivity index (χ3v) is 4.98. The lowest BCUT2D eigenvalue weighted by molar-refractivity contribution is -0.328. The number of carbonyl (C=O) groups excluding carboxylic acids is 1. The third kappa shape index (κ3) is 3.01. The van der Waals surface area contributed by atoms with Crippen LogP contribution in [0.2, 0.25) is 0 Å². The molecule has 2 aliphatic rings. The van der Waals surface area contributed by atoms with E-state index < -0.39 is 17.5 Å². The van der Waals surface area contributed by atoms with Gasteiger partial charge in [-0.2, -0.15) is 0 Å². The van der Waals surface area contributed by atoms with Crippen molar-refractivity contribution in [2.45, 2.75) is 77.8 Å². The summed E-state index contributed by atoms with van der Waals surface area (Å²) in [4.78, 5) is 12.0. The van der Waals surface area contributed by atoms with Crippen molar-refractivity contribution in [3.8, 4) is 0 Å². The molecular formula is C16H28O4. The van der Waals surface area contributed by atoms with Gasteiger partial charge in [0.25, 0.3) is 0 Å². The fraction of sp³-hybridized carbons (Fsp3) is 0.938. The Morgan fingerprint density at radius 3 is 2.55 bits per heavy atom. The zero-order valence-electron chi connectivity index (χ0n) is 13.3. The molecule has 1 N–H and O–H groups in total. The Bertz CT molecular complexity index is 371. The van der Waals surface area contributed by atoms with Crippen molar-refractivity contribution in [1.82, 2.24) is 0 Å². The molecule has 1 heterocycles. The normalized spacial score (nSPS) is 39.1. The van der Waals surface area contributed by atoms with E-state index in [4.69, 9.17) is 9.47 Å². The van der Waals surface area contributed by atoms with E-state index in [9.17, 15) is 9.90 Å². The number of aliphatic hydroxyl groups is 1. The lowest BCUT2D eigenvalue weighted by Gasteiger charge is -2.50. The summed E-state index contributed by atoms with van der Waals surface area (Å²) in [6.45, 7) is 9.87. The highest BCUT2D eigenvalue weighted by Crippen LogP contribution is 2.46. The molecule has 1 aliphatic heterocycles. The van der Waals surface area contributed by atoms with Gasteiger partial charge in [0.15, 0.2) is 0 Å². The summed E-state index contributed by atoms with van der Waals surface area (Å²) in [5.74, 6) is 0.127. The Morgan fingerprint density at radius 2 is 2.00 bits per heavy atom. The maximum Gasteiger partial charge on any atom is 0.311 e. The van der Waals surface area contributed by atoms with Gasteiger partial charge in [0.05, 0.1) is 12.0 Å². The summed E-state index contributed by atoms with van der Waals surface area (Å²) >= 11 is 0. The summed E-state index contributed by atoms with van der Waals surface area (Å²) in [6, 6.07) is 0. The van der Waals surface area contributed by atoms with Crippen LogP contribution >= 0.6 is 0 Å². The van der Waals surface area contributed by atoms with Gasteiger partial charge in [-0.25, -0.2) is 0 Å². The highest BCUT2D eigenvalue weighted by molar-refractivity contribution is 5.71. The molecule has 2 fully saturated rings. The second-order valence-corrected chi connectivity index (χ2v) is 7.44. The smallest absolute Gasteiger partial charge is 0.311 e. The minimum Gasteiger partial charge on any atom is -0.433 e. The summed E-state index contributed by atoms with van der Waals surface area (Å²) in [5, 5.41) is 10.2. The Labute approximate surface area is 121 Å². The van der Waals surface area contributed by atoms with Crippen molar-refractivity contribution in [3.05, 3.63) is 0 Å². The molecule has 4 nitrogen and oxygen atoms in total. The van der Waals surface area contributed by atoms with Crippen LogP contribution in [0.3, 0.4) is 0 Å². The van der Waals surface area contributed by atoms with Gasteiger partial charge in [-0.3, -0.25) is 4.79 Å². The zero-order valence-corrected chi connectivity index (χ0v) is 13.3. The van der Waals surface area contributed by atoms with Crippen molar-refractivity contribution in [3.63, 3.8) is 0 Å². The van der Waals surface area contributed by atoms with Crippen LogP contribution in [0.4, 0.5) is 0 Å². The molecule has 0 radical (unpaired) electrons. The van der Waals surface area contributed by atoms with Gasteiger partial charge in [0.1, 0.15) is 6.10 Å². The molecule has 4 heteroatoms. The van der Waals surface area contributed by atoms with Crippen LogP contribution < -0.4 is 0 Å². The number of hydrogen-bond acceptors (Lipinski definition) is 4. The van der Waals surface area contributed by atoms with E-state index in [1.165, 1.54) is 0 Å². The summed E-state index contributed by atoms with van der Waals surface area (Å²) in [6.07, 6.45) is 2.52. The van der Waals surface area contributed by atoms with Crippen LogP contribution in [0, 0.1) is 17.8 Å². The second kappa shape index (κ2) is 5.30. The average Bonchev–Trinajstić information content (AvgIpc) is 2.31. The van der Waals surface area contributed by atoms with Crippen LogP contribution in [0.25, 0.3) is 0 Å². The minimum atomic E-state index is -1.03. The molecule has 20 heavy (non-hydrogen) atoms. The molecule has 1 spiro atoms. The first-order chi connectivity index (χ1) is 9.14. The molecule has 1 aliphatic carbocycles. The zero-order chi connectivity index (χ0) is 15.1. The molecule has 116 valence electrons. The van der Waals surface area contributed by atoms with Crippen molar-refractivity contribution < 1.29 is 19.4 Å². The third-order valence-electron chi connectivity index (χ3n) is 4.98. The molecule has 0 unspecified atom stereocenters. The van der Waals surface area contributed by atoms with E-state index in [1.807, 2.05) is 0 Å². The molecular weight excluding hydrogens is 256 g/mol. The van der Waals surface area contributed by atoms with Gasteiger partial charge in [-0.15, -0.1) is 0 Å². The maximum absolute atomic E-state index is 12.0. The van der Waals surface area contributed by atoms with E-state index in [2.05, 4.69) is 20.8 Å². The maximum atomic E-state index is 12.0. The van der Waals surface area contributed by atoms with Gasteiger partial charge in [0.2, 0.25) is 5.79 Å². The van der Waals surface area contributed by atoms with Crippen LogP contribution in [0.1, 0.15) is 60.3 Å². The van der Waals surface area contributed by atoms with E-state index in [-0.39, 0.29) is 18.3 Å². The first-order valence-electron chi connectivity index (χ1n) is 7.76. The van der Waals surface area contributed by atoms with Gasteiger partial charge in [-0.05, 0) is 38.5 Å². The Balaban J connectivity index is 2.24. The van der Waals surface area contributed by atoms with Gasteiger partial charge < -0.3 is 14.6 Å². The largest absolute Gasteiger partial charge is 0.433 e. The van der Waals surface area contributed by atoms with Crippen LogP contribution in [-0.2, 0) is 14.3 Å². The van der Waals surface area contributed by atoms with E-state index in [0.717, 1.165) is 19.3 Å². The SMILES string of the molecule is CC(C)[C@@H]1CC[C@@H](C)[C@@]2(C1)OC(=O)C[C@H](C(C)(C)O)O2. The van der Waals surface area contributed by atoms with Crippen LogP contribution in [-0.4, -0.2) is 28.6 Å². The fourth-order valence-corrected chi connectivity index (χ4v) is 3.31. The van der Waals surface area contributed by atoms with E-state index >= 15 is 0 Å². The van der Waals surface area contributed by atoms with Crippen molar-refractivity contribution in [2.24, 2.45) is 17.8 Å². The number of ether oxygens (including phenoxy) is 2. The van der Waals surface area contributed by atoms with Crippen molar-refractivity contribution in [1.29, 1.82) is 0 Å². The molecule has 0 aromatic rings. The lowest BCUT2D eigenvalue weighted by Crippen LogP contribution is -2.58. The minimum absolute atomic E-state index is 0.129. The molecule has 0 bridgehead atoms. The molecule has 0 aromatic carbocycles. The lowest BCUT2D eigenvalue weighted by atomic mass is 9.73. The van der Waals surface area contributed by atoms with E-state index in [0.29, 0.717) is 11.8 Å². The Hall–Kier alpha value is -0.610. The quantitative estimate of drug-likeness (QED) is 0.792. The second-order valence-electron chi connectivity index (χ2n) is 7.44. The predicted molar refractivity (Wildman–Crippen MR) is 76.0 cm³/mol. The molecule has 4 atom stereocenters. The molecule has 1 saturated carbocycles. The molecule has 0 aromatic heterocycles. The summed E-state index contributed by atoms with van der Waals surface area (Å²) < 4.78 is 11.8. The fourth-order valence-electron chi connectivity index (χ4n) is 3.31. The Kier molecular flexibility index (Phi) is 4.18. The monoisotopic (exact) mass is 284 g/mol. The van der Waals surface area contributed by atoms with Crippen LogP contribution in [0.5, 0.6) is 0 Å². The first-order valence-corrected chi connectivity index (χ1v) is 7.76. The standard InChI is InChI=1S/C16H28O4/c1-10(2)12-7-6-11(3)16(9-12)19-13(15(4,5)18)8-14(17)20-16/h10-13,18H,6-9H2,1-5H3/t11-,12-,13-,16-/m1/s1. The van der Waals surface area contributed by atoms with Gasteiger partial charge in [-0.1, -0.05) is 20.8 Å². The van der Waals surface area contributed by atoms with Gasteiger partial charge in [0, 0.05) is 12.3 Å². The van der Waals surface area contributed by atoms with Crippen molar-refractivity contribution in [2.75, 3.05) is 0 Å². The molecule has 2 rings (SSSR count).